The van der Waals surface area contributed by atoms with Crippen LogP contribution in [0.4, 0.5) is 5.82 Å². The van der Waals surface area contributed by atoms with Gasteiger partial charge in [0.25, 0.3) is 0 Å². The number of thiophene rings is 1. The number of nitrogens with two attached hydrogens (primary N) is 1. The molecule has 17 heavy (non-hydrogen) atoms. The van der Waals surface area contributed by atoms with E-state index in [1.807, 2.05) is 6.92 Å². The average molecular weight is 247 g/mol. The Morgan fingerprint density at radius 1 is 1.18 bits per heavy atom. The molecule has 0 aliphatic heterocycles. The number of aromatic nitrogens is 2. The van der Waals surface area contributed by atoms with Crippen LogP contribution < -0.4 is 5.73 Å². The van der Waals surface area contributed by atoms with Crippen LogP contribution in [0.2, 0.25) is 0 Å². The molecule has 0 saturated heterocycles. The Bertz CT molecular complexity index is 544. The number of nitrogens with zero attached hydrogens (tertiary/aromatic N) is 2. The molecule has 0 aliphatic carbocycles. The highest BCUT2D eigenvalue weighted by molar-refractivity contribution is 7.15. The van der Waals surface area contributed by atoms with Crippen LogP contribution in [0.1, 0.15) is 36.0 Å². The van der Waals surface area contributed by atoms with Crippen LogP contribution in [0.5, 0.6) is 0 Å². The summed E-state index contributed by atoms with van der Waals surface area (Å²) in [4.78, 5) is 11.4. The monoisotopic (exact) mass is 247 g/mol. The van der Waals surface area contributed by atoms with Crippen LogP contribution in [0, 0.1) is 13.8 Å². The third-order valence-electron chi connectivity index (χ3n) is 2.69. The second kappa shape index (κ2) is 4.45. The van der Waals surface area contributed by atoms with E-state index in [0.29, 0.717) is 5.82 Å². The lowest BCUT2D eigenvalue weighted by atomic mass is 10.1. The van der Waals surface area contributed by atoms with E-state index >= 15 is 0 Å². The summed E-state index contributed by atoms with van der Waals surface area (Å²) in [7, 11) is 0. The molecule has 0 radical (unpaired) electrons. The largest absolute Gasteiger partial charge is 0.383 e. The lowest BCUT2D eigenvalue weighted by molar-refractivity contribution is 0.776. The first kappa shape index (κ1) is 12.0. The van der Waals surface area contributed by atoms with Gasteiger partial charge in [-0.2, -0.15) is 0 Å². The smallest absolute Gasteiger partial charge is 0.133 e. The maximum Gasteiger partial charge on any atom is 0.133 e. The van der Waals surface area contributed by atoms with Crippen molar-refractivity contribution >= 4 is 17.2 Å². The van der Waals surface area contributed by atoms with Crippen molar-refractivity contribution in [3.05, 3.63) is 28.4 Å². The van der Waals surface area contributed by atoms with E-state index in [9.17, 15) is 0 Å². The summed E-state index contributed by atoms with van der Waals surface area (Å²) >= 11 is 1.74. The quantitative estimate of drug-likeness (QED) is 0.883. The fourth-order valence-corrected chi connectivity index (χ4v) is 2.53. The molecule has 0 aromatic carbocycles. The summed E-state index contributed by atoms with van der Waals surface area (Å²) in [6.45, 7) is 8.22. The lowest BCUT2D eigenvalue weighted by Crippen LogP contribution is -2.05. The second-order valence-electron chi connectivity index (χ2n) is 4.51. The molecule has 0 fully saturated rings. The van der Waals surface area contributed by atoms with Gasteiger partial charge in [0.15, 0.2) is 0 Å². The third-order valence-corrected chi connectivity index (χ3v) is 3.70. The molecule has 2 heterocycles. The van der Waals surface area contributed by atoms with Crippen molar-refractivity contribution in [2.75, 3.05) is 5.73 Å². The average Bonchev–Trinajstić information content (AvgIpc) is 2.68. The van der Waals surface area contributed by atoms with E-state index in [2.05, 4.69) is 42.9 Å². The van der Waals surface area contributed by atoms with Gasteiger partial charge in [0, 0.05) is 16.4 Å². The highest BCUT2D eigenvalue weighted by Crippen LogP contribution is 2.31. The van der Waals surface area contributed by atoms with Gasteiger partial charge in [0.2, 0.25) is 0 Å². The van der Waals surface area contributed by atoms with Crippen LogP contribution in [-0.4, -0.2) is 9.97 Å². The Hall–Kier alpha value is -1.42. The first-order chi connectivity index (χ1) is 7.99. The molecule has 0 unspecified atom stereocenters. The lowest BCUT2D eigenvalue weighted by Gasteiger charge is -2.10. The molecule has 2 aromatic heterocycles. The van der Waals surface area contributed by atoms with Crippen molar-refractivity contribution in [3.63, 3.8) is 0 Å². The molecule has 90 valence electrons. The SMILES string of the molecule is Cc1ccc(-c2nc(C(C)C)nc(N)c2C)s1. The number of rotatable bonds is 2. The van der Waals surface area contributed by atoms with Crippen LogP contribution >= 0.6 is 11.3 Å². The van der Waals surface area contributed by atoms with Crippen molar-refractivity contribution in [2.24, 2.45) is 0 Å². The Morgan fingerprint density at radius 3 is 2.41 bits per heavy atom. The minimum absolute atomic E-state index is 0.290. The first-order valence-corrected chi connectivity index (χ1v) is 6.51. The van der Waals surface area contributed by atoms with Gasteiger partial charge < -0.3 is 5.73 Å². The molecule has 4 heteroatoms. The predicted octanol–water partition coefficient (Wildman–Crippen LogP) is 3.53. The second-order valence-corrected chi connectivity index (χ2v) is 5.79. The zero-order valence-electron chi connectivity index (χ0n) is 10.6. The number of anilines is 1. The normalized spacial score (nSPS) is 11.1. The van der Waals surface area contributed by atoms with Crippen LogP contribution in [0.3, 0.4) is 0 Å². The van der Waals surface area contributed by atoms with Gasteiger partial charge in [-0.15, -0.1) is 11.3 Å². The van der Waals surface area contributed by atoms with E-state index in [-0.39, 0.29) is 5.92 Å². The topological polar surface area (TPSA) is 51.8 Å². The first-order valence-electron chi connectivity index (χ1n) is 5.70. The number of aryl methyl sites for hydroxylation is 1. The molecule has 0 atom stereocenters. The summed E-state index contributed by atoms with van der Waals surface area (Å²) in [5, 5.41) is 0. The summed E-state index contributed by atoms with van der Waals surface area (Å²) in [6.07, 6.45) is 0. The number of nitrogen functional groups attached to an aromatic ring is 1. The molecular weight excluding hydrogens is 230 g/mol. The molecule has 2 rings (SSSR count). The highest BCUT2D eigenvalue weighted by Gasteiger charge is 2.13. The van der Waals surface area contributed by atoms with E-state index in [0.717, 1.165) is 22.0 Å². The molecule has 2 N–H and O–H groups in total. The Labute approximate surface area is 106 Å². The summed E-state index contributed by atoms with van der Waals surface area (Å²) in [5.74, 6) is 1.69. The zero-order valence-corrected chi connectivity index (χ0v) is 11.4. The summed E-state index contributed by atoms with van der Waals surface area (Å²) < 4.78 is 0. The van der Waals surface area contributed by atoms with Crippen molar-refractivity contribution < 1.29 is 0 Å². The zero-order chi connectivity index (χ0) is 12.6. The van der Waals surface area contributed by atoms with Gasteiger partial charge in [-0.1, -0.05) is 13.8 Å². The molecule has 0 aliphatic rings. The summed E-state index contributed by atoms with van der Waals surface area (Å²) in [5.41, 5.74) is 7.90. The van der Waals surface area contributed by atoms with E-state index < -0.39 is 0 Å². The van der Waals surface area contributed by atoms with E-state index in [4.69, 9.17) is 5.73 Å². The highest BCUT2D eigenvalue weighted by atomic mass is 32.1. The number of hydrogen-bond donors (Lipinski definition) is 1. The predicted molar refractivity (Wildman–Crippen MR) is 73.3 cm³/mol. The molecule has 0 saturated carbocycles. The molecule has 0 spiro atoms. The fraction of sp³-hybridized carbons (Fsp3) is 0.385. The Kier molecular flexibility index (Phi) is 3.15. The van der Waals surface area contributed by atoms with Gasteiger partial charge in [-0.25, -0.2) is 9.97 Å². The maximum atomic E-state index is 5.96. The van der Waals surface area contributed by atoms with Gasteiger partial charge in [-0.05, 0) is 26.0 Å². The van der Waals surface area contributed by atoms with Crippen molar-refractivity contribution in [2.45, 2.75) is 33.6 Å². The molecule has 3 nitrogen and oxygen atoms in total. The minimum atomic E-state index is 0.290. The third kappa shape index (κ3) is 2.31. The Balaban J connectivity index is 2.60. The van der Waals surface area contributed by atoms with Crippen molar-refractivity contribution in [1.82, 2.24) is 9.97 Å². The van der Waals surface area contributed by atoms with E-state index in [1.165, 1.54) is 4.88 Å². The standard InChI is InChI=1S/C13H17N3S/c1-7(2)13-15-11(9(4)12(14)16-13)10-6-5-8(3)17-10/h5-7H,1-4H3,(H2,14,15,16). The van der Waals surface area contributed by atoms with Gasteiger partial charge in [0.05, 0.1) is 10.6 Å². The van der Waals surface area contributed by atoms with Crippen LogP contribution in [0.25, 0.3) is 10.6 Å². The van der Waals surface area contributed by atoms with Crippen molar-refractivity contribution in [3.8, 4) is 10.6 Å². The molecule has 2 aromatic rings. The van der Waals surface area contributed by atoms with Gasteiger partial charge in [-0.3, -0.25) is 0 Å². The maximum absolute atomic E-state index is 5.96. The Morgan fingerprint density at radius 2 is 1.88 bits per heavy atom. The molecule has 0 amide bonds. The van der Waals surface area contributed by atoms with Crippen molar-refractivity contribution in [1.29, 1.82) is 0 Å². The molecular formula is C13H17N3S. The minimum Gasteiger partial charge on any atom is -0.383 e. The van der Waals surface area contributed by atoms with Crippen LogP contribution in [0.15, 0.2) is 12.1 Å². The van der Waals surface area contributed by atoms with Crippen LogP contribution in [-0.2, 0) is 0 Å². The summed E-state index contributed by atoms with van der Waals surface area (Å²) in [6, 6.07) is 4.20. The van der Waals surface area contributed by atoms with E-state index in [1.54, 1.807) is 11.3 Å². The molecule has 0 bridgehead atoms. The van der Waals surface area contributed by atoms with Gasteiger partial charge >= 0.3 is 0 Å². The number of hydrogen-bond acceptors (Lipinski definition) is 4. The fourth-order valence-electron chi connectivity index (χ4n) is 1.61. The van der Waals surface area contributed by atoms with Gasteiger partial charge in [0.1, 0.15) is 11.6 Å².